The van der Waals surface area contributed by atoms with Gasteiger partial charge in [-0.3, -0.25) is 0 Å². The van der Waals surface area contributed by atoms with Crippen molar-refractivity contribution in [2.45, 2.75) is 6.92 Å². The molecule has 1 aromatic rings. The van der Waals surface area contributed by atoms with Gasteiger partial charge in [0.05, 0.1) is 0 Å². The Morgan fingerprint density at radius 1 is 1.62 bits per heavy atom. The summed E-state index contributed by atoms with van der Waals surface area (Å²) in [5.41, 5.74) is 0.579. The molecule has 0 unspecified atom stereocenters. The van der Waals surface area contributed by atoms with Gasteiger partial charge in [-0.25, -0.2) is 9.18 Å². The van der Waals surface area contributed by atoms with E-state index in [-0.39, 0.29) is 5.75 Å². The summed E-state index contributed by atoms with van der Waals surface area (Å²) in [7, 11) is 0. The van der Waals surface area contributed by atoms with Crippen molar-refractivity contribution in [1.82, 2.24) is 0 Å². The topological polar surface area (TPSA) is 26.3 Å². The molecular weight excluding hydrogens is 171 g/mol. The van der Waals surface area contributed by atoms with Crippen molar-refractivity contribution in [3.8, 4) is 5.75 Å². The van der Waals surface area contributed by atoms with Crippen molar-refractivity contribution in [2.75, 3.05) is 0 Å². The van der Waals surface area contributed by atoms with Crippen LogP contribution in [0.1, 0.15) is 5.56 Å². The highest BCUT2D eigenvalue weighted by Gasteiger charge is 2.08. The predicted molar refractivity (Wildman–Crippen MR) is 47.0 cm³/mol. The van der Waals surface area contributed by atoms with Gasteiger partial charge in [0.15, 0.2) is 11.6 Å². The normalized spacial score (nSPS) is 9.38. The van der Waals surface area contributed by atoms with Crippen LogP contribution >= 0.6 is 0 Å². The van der Waals surface area contributed by atoms with Gasteiger partial charge in [0, 0.05) is 6.08 Å². The smallest absolute Gasteiger partial charge is 0.335 e. The SMILES string of the molecule is C=CC(=O)Oc1c(C)cccc1F. The van der Waals surface area contributed by atoms with Crippen molar-refractivity contribution in [3.05, 3.63) is 42.2 Å². The summed E-state index contributed by atoms with van der Waals surface area (Å²) in [6.45, 7) is 4.88. The predicted octanol–water partition coefficient (Wildman–Crippen LogP) is 2.23. The zero-order chi connectivity index (χ0) is 9.84. The van der Waals surface area contributed by atoms with Crippen LogP contribution in [0, 0.1) is 12.7 Å². The first-order chi connectivity index (χ1) is 6.15. The number of ether oxygens (including phenoxy) is 1. The van der Waals surface area contributed by atoms with E-state index in [0.717, 1.165) is 6.08 Å². The van der Waals surface area contributed by atoms with Crippen LogP contribution in [0.5, 0.6) is 5.75 Å². The first kappa shape index (κ1) is 9.45. The summed E-state index contributed by atoms with van der Waals surface area (Å²) in [5.74, 6) is -1.24. The van der Waals surface area contributed by atoms with Gasteiger partial charge in [-0.2, -0.15) is 0 Å². The molecule has 3 heteroatoms. The molecule has 0 aliphatic carbocycles. The lowest BCUT2D eigenvalue weighted by molar-refractivity contribution is -0.129. The number of carbonyl (C=O) groups is 1. The average molecular weight is 180 g/mol. The molecule has 0 bridgehead atoms. The Labute approximate surface area is 75.6 Å². The molecule has 2 nitrogen and oxygen atoms in total. The second kappa shape index (κ2) is 3.85. The molecule has 0 amide bonds. The van der Waals surface area contributed by atoms with Crippen LogP contribution in [0.2, 0.25) is 0 Å². The standard InChI is InChI=1S/C10H9FO2/c1-3-9(12)13-10-7(2)5-4-6-8(10)11/h3-6H,1H2,2H3. The summed E-state index contributed by atoms with van der Waals surface area (Å²) in [6, 6.07) is 4.45. The van der Waals surface area contributed by atoms with E-state index in [0.29, 0.717) is 5.56 Å². The third-order valence-corrected chi connectivity index (χ3v) is 1.53. The monoisotopic (exact) mass is 180 g/mol. The lowest BCUT2D eigenvalue weighted by atomic mass is 10.2. The van der Waals surface area contributed by atoms with E-state index in [1.165, 1.54) is 6.07 Å². The third kappa shape index (κ3) is 2.15. The number of esters is 1. The molecule has 0 aliphatic rings. The Balaban J connectivity index is 2.99. The van der Waals surface area contributed by atoms with E-state index in [2.05, 4.69) is 6.58 Å². The summed E-state index contributed by atoms with van der Waals surface area (Å²) in [6.07, 6.45) is 0.992. The lowest BCUT2D eigenvalue weighted by Crippen LogP contribution is -2.05. The van der Waals surface area contributed by atoms with Gasteiger partial charge in [-0.05, 0) is 18.6 Å². The van der Waals surface area contributed by atoms with Gasteiger partial charge < -0.3 is 4.74 Å². The highest BCUT2D eigenvalue weighted by atomic mass is 19.1. The Hall–Kier alpha value is -1.64. The zero-order valence-electron chi connectivity index (χ0n) is 7.21. The quantitative estimate of drug-likeness (QED) is 0.396. The number of benzene rings is 1. The van der Waals surface area contributed by atoms with E-state index in [1.807, 2.05) is 0 Å². The van der Waals surface area contributed by atoms with Crippen LogP contribution in [0.3, 0.4) is 0 Å². The Morgan fingerprint density at radius 2 is 2.31 bits per heavy atom. The number of carbonyl (C=O) groups excluding carboxylic acids is 1. The van der Waals surface area contributed by atoms with E-state index < -0.39 is 11.8 Å². The molecule has 0 spiro atoms. The summed E-state index contributed by atoms with van der Waals surface area (Å²) < 4.78 is 17.7. The molecule has 13 heavy (non-hydrogen) atoms. The van der Waals surface area contributed by atoms with Crippen LogP contribution in [0.25, 0.3) is 0 Å². The third-order valence-electron chi connectivity index (χ3n) is 1.53. The Morgan fingerprint density at radius 3 is 2.85 bits per heavy atom. The van der Waals surface area contributed by atoms with Gasteiger partial charge in [0.1, 0.15) is 0 Å². The lowest BCUT2D eigenvalue weighted by Gasteiger charge is -2.05. The molecule has 0 heterocycles. The number of hydrogen-bond donors (Lipinski definition) is 0. The summed E-state index contributed by atoms with van der Waals surface area (Å²) in [5, 5.41) is 0. The molecule has 68 valence electrons. The molecule has 0 aliphatic heterocycles. The van der Waals surface area contributed by atoms with Gasteiger partial charge in [-0.1, -0.05) is 18.7 Å². The first-order valence-electron chi connectivity index (χ1n) is 3.74. The molecule has 1 rings (SSSR count). The van der Waals surface area contributed by atoms with Gasteiger partial charge in [0.25, 0.3) is 0 Å². The number of halogens is 1. The number of hydrogen-bond acceptors (Lipinski definition) is 2. The fourth-order valence-corrected chi connectivity index (χ4v) is 0.888. The van der Waals surface area contributed by atoms with E-state index in [1.54, 1.807) is 19.1 Å². The highest BCUT2D eigenvalue weighted by Crippen LogP contribution is 2.21. The minimum absolute atomic E-state index is 0.0348. The van der Waals surface area contributed by atoms with Crippen LogP contribution in [0.4, 0.5) is 4.39 Å². The average Bonchev–Trinajstić information content (AvgIpc) is 2.11. The molecule has 1 aromatic carbocycles. The zero-order valence-corrected chi connectivity index (χ0v) is 7.21. The molecule has 0 N–H and O–H groups in total. The molecule has 0 saturated carbocycles. The van der Waals surface area contributed by atoms with Crippen molar-refractivity contribution >= 4 is 5.97 Å². The van der Waals surface area contributed by atoms with Crippen LogP contribution in [-0.2, 0) is 4.79 Å². The van der Waals surface area contributed by atoms with Crippen molar-refractivity contribution in [1.29, 1.82) is 0 Å². The van der Waals surface area contributed by atoms with Gasteiger partial charge >= 0.3 is 5.97 Å². The van der Waals surface area contributed by atoms with E-state index in [9.17, 15) is 9.18 Å². The maximum absolute atomic E-state index is 13.0. The van der Waals surface area contributed by atoms with E-state index >= 15 is 0 Å². The van der Waals surface area contributed by atoms with Gasteiger partial charge in [0.2, 0.25) is 0 Å². The fourth-order valence-electron chi connectivity index (χ4n) is 0.888. The summed E-state index contributed by atoms with van der Waals surface area (Å²) >= 11 is 0. The minimum Gasteiger partial charge on any atom is -0.420 e. The van der Waals surface area contributed by atoms with Crippen LogP contribution in [-0.4, -0.2) is 5.97 Å². The summed E-state index contributed by atoms with van der Waals surface area (Å²) in [4.78, 5) is 10.8. The van der Waals surface area contributed by atoms with Crippen molar-refractivity contribution in [3.63, 3.8) is 0 Å². The number of rotatable bonds is 2. The fraction of sp³-hybridized carbons (Fsp3) is 0.100. The minimum atomic E-state index is -0.659. The Kier molecular flexibility index (Phi) is 2.80. The molecule has 0 saturated heterocycles. The second-order valence-corrected chi connectivity index (χ2v) is 2.51. The van der Waals surface area contributed by atoms with Crippen LogP contribution < -0.4 is 4.74 Å². The maximum Gasteiger partial charge on any atom is 0.335 e. The number of aryl methyl sites for hydroxylation is 1. The van der Waals surface area contributed by atoms with Crippen LogP contribution in [0.15, 0.2) is 30.9 Å². The highest BCUT2D eigenvalue weighted by molar-refractivity contribution is 5.83. The second-order valence-electron chi connectivity index (χ2n) is 2.51. The Bertz CT molecular complexity index is 325. The first-order valence-corrected chi connectivity index (χ1v) is 3.74. The molecule has 0 aromatic heterocycles. The maximum atomic E-state index is 13.0. The van der Waals surface area contributed by atoms with Crippen molar-refractivity contribution < 1.29 is 13.9 Å². The van der Waals surface area contributed by atoms with Crippen molar-refractivity contribution in [2.24, 2.45) is 0 Å². The van der Waals surface area contributed by atoms with Gasteiger partial charge in [-0.15, -0.1) is 0 Å². The largest absolute Gasteiger partial charge is 0.420 e. The number of para-hydroxylation sites is 1. The molecular formula is C10H9FO2. The van der Waals surface area contributed by atoms with E-state index in [4.69, 9.17) is 4.74 Å². The molecule has 0 radical (unpaired) electrons. The molecule has 0 atom stereocenters. The molecule has 0 fully saturated rings.